The number of carbonyl (C=O) groups excluding carboxylic acids is 2. The molecule has 2 aliphatic rings. The fourth-order valence-corrected chi connectivity index (χ4v) is 3.86. The fraction of sp³-hybridized carbons (Fsp3) is 0.190. The van der Waals surface area contributed by atoms with Gasteiger partial charge in [-0.1, -0.05) is 35.3 Å². The number of amides is 2. The average molecular weight is 462 g/mol. The highest BCUT2D eigenvalue weighted by Gasteiger charge is 2.34. The van der Waals surface area contributed by atoms with Crippen molar-refractivity contribution in [2.24, 2.45) is 0 Å². The number of hydrogen-bond acceptors (Lipinski definition) is 5. The molecule has 2 fully saturated rings. The van der Waals surface area contributed by atoms with Crippen molar-refractivity contribution in [3.8, 4) is 0 Å². The first kappa shape index (κ1) is 20.8. The summed E-state index contributed by atoms with van der Waals surface area (Å²) in [5.74, 6) is -1.07. The number of nitrogens with zero attached hydrogens (tertiary/aromatic N) is 2. The molecule has 30 heavy (non-hydrogen) atoms. The van der Waals surface area contributed by atoms with Crippen molar-refractivity contribution in [2.45, 2.75) is 0 Å². The van der Waals surface area contributed by atoms with Gasteiger partial charge in [0.15, 0.2) is 5.11 Å². The lowest BCUT2D eigenvalue weighted by Crippen LogP contribution is -2.54. The molecule has 0 atom stereocenters. The van der Waals surface area contributed by atoms with E-state index in [0.29, 0.717) is 23.9 Å². The van der Waals surface area contributed by atoms with Crippen molar-refractivity contribution in [1.29, 1.82) is 0 Å². The van der Waals surface area contributed by atoms with Crippen LogP contribution in [0.4, 0.5) is 11.4 Å². The molecule has 1 N–H and O–H groups in total. The first-order chi connectivity index (χ1) is 14.4. The van der Waals surface area contributed by atoms with Gasteiger partial charge in [0.2, 0.25) is 0 Å². The normalized spacial score (nSPS) is 18.7. The highest BCUT2D eigenvalue weighted by atomic mass is 35.5. The van der Waals surface area contributed by atoms with Crippen LogP contribution in [0, 0.1) is 0 Å². The highest BCUT2D eigenvalue weighted by molar-refractivity contribution is 7.80. The molecule has 4 rings (SSSR count). The predicted molar refractivity (Wildman–Crippen MR) is 122 cm³/mol. The van der Waals surface area contributed by atoms with Gasteiger partial charge in [0.25, 0.3) is 11.8 Å². The number of carbonyl (C=O) groups is 2. The Morgan fingerprint density at radius 1 is 0.967 bits per heavy atom. The number of morpholine rings is 1. The van der Waals surface area contributed by atoms with Gasteiger partial charge in [0.05, 0.1) is 28.9 Å². The Bertz CT molecular complexity index is 1050. The van der Waals surface area contributed by atoms with E-state index in [-0.39, 0.29) is 15.7 Å². The zero-order valence-electron chi connectivity index (χ0n) is 15.7. The number of ether oxygens (including phenoxy) is 1. The Kier molecular flexibility index (Phi) is 6.06. The van der Waals surface area contributed by atoms with Gasteiger partial charge < -0.3 is 9.64 Å². The largest absolute Gasteiger partial charge is 0.378 e. The third kappa shape index (κ3) is 4.20. The molecule has 0 aliphatic carbocycles. The van der Waals surface area contributed by atoms with E-state index in [1.54, 1.807) is 18.2 Å². The molecule has 0 aromatic heterocycles. The Balaban J connectivity index is 1.61. The van der Waals surface area contributed by atoms with Gasteiger partial charge in [-0.2, -0.15) is 0 Å². The van der Waals surface area contributed by atoms with E-state index >= 15 is 0 Å². The minimum absolute atomic E-state index is 0.0109. The van der Waals surface area contributed by atoms with Crippen LogP contribution in [-0.2, 0) is 14.3 Å². The lowest BCUT2D eigenvalue weighted by molar-refractivity contribution is -0.122. The standard InChI is InChI=1S/C21H17Cl2N3O3S/c22-17-6-5-15(12-18(17)23)26-20(28)16(19(27)24-21(26)30)11-13-1-3-14(4-2-13)25-7-9-29-10-8-25/h1-6,11-12H,7-10H2,(H,24,27,30)/b16-11+. The number of halogens is 2. The Hall–Kier alpha value is -2.45. The maximum Gasteiger partial charge on any atom is 0.270 e. The summed E-state index contributed by atoms with van der Waals surface area (Å²) in [5.41, 5.74) is 2.20. The summed E-state index contributed by atoms with van der Waals surface area (Å²) in [6, 6.07) is 12.4. The van der Waals surface area contributed by atoms with Crippen LogP contribution in [0.3, 0.4) is 0 Å². The van der Waals surface area contributed by atoms with E-state index in [0.717, 1.165) is 24.3 Å². The van der Waals surface area contributed by atoms with Crippen LogP contribution in [0.2, 0.25) is 10.0 Å². The zero-order valence-corrected chi connectivity index (χ0v) is 18.1. The molecule has 0 saturated carbocycles. The van der Waals surface area contributed by atoms with Crippen molar-refractivity contribution in [2.75, 3.05) is 36.1 Å². The minimum Gasteiger partial charge on any atom is -0.378 e. The van der Waals surface area contributed by atoms with E-state index in [2.05, 4.69) is 10.2 Å². The van der Waals surface area contributed by atoms with E-state index in [4.69, 9.17) is 40.2 Å². The molecule has 0 spiro atoms. The summed E-state index contributed by atoms with van der Waals surface area (Å²) in [6.45, 7) is 3.06. The van der Waals surface area contributed by atoms with Crippen molar-refractivity contribution in [1.82, 2.24) is 5.32 Å². The molecule has 2 amide bonds. The maximum atomic E-state index is 13.1. The second-order valence-corrected chi connectivity index (χ2v) is 7.95. The summed E-state index contributed by atoms with van der Waals surface area (Å²) < 4.78 is 5.37. The van der Waals surface area contributed by atoms with Crippen molar-refractivity contribution in [3.05, 3.63) is 63.6 Å². The average Bonchev–Trinajstić information content (AvgIpc) is 2.74. The number of hydrogen-bond donors (Lipinski definition) is 1. The molecular formula is C21H17Cl2N3O3S. The quantitative estimate of drug-likeness (QED) is 0.429. The molecule has 2 aromatic rings. The number of anilines is 2. The highest BCUT2D eigenvalue weighted by Crippen LogP contribution is 2.29. The lowest BCUT2D eigenvalue weighted by atomic mass is 10.1. The van der Waals surface area contributed by atoms with Crippen LogP contribution in [0.1, 0.15) is 5.56 Å². The lowest BCUT2D eigenvalue weighted by Gasteiger charge is -2.29. The molecule has 2 aromatic carbocycles. The number of nitrogens with one attached hydrogen (secondary N) is 1. The van der Waals surface area contributed by atoms with E-state index in [1.165, 1.54) is 11.0 Å². The van der Waals surface area contributed by atoms with Crippen molar-refractivity contribution in [3.63, 3.8) is 0 Å². The molecule has 154 valence electrons. The molecule has 0 unspecified atom stereocenters. The topological polar surface area (TPSA) is 61.9 Å². The maximum absolute atomic E-state index is 13.1. The summed E-state index contributed by atoms with van der Waals surface area (Å²) >= 11 is 17.2. The molecule has 2 saturated heterocycles. The molecular weight excluding hydrogens is 445 g/mol. The Morgan fingerprint density at radius 3 is 2.30 bits per heavy atom. The van der Waals surface area contributed by atoms with Gasteiger partial charge >= 0.3 is 0 Å². The van der Waals surface area contributed by atoms with Crippen LogP contribution in [0.25, 0.3) is 6.08 Å². The number of benzene rings is 2. The van der Waals surface area contributed by atoms with Crippen molar-refractivity contribution < 1.29 is 14.3 Å². The van der Waals surface area contributed by atoms with Gasteiger partial charge in [0.1, 0.15) is 5.57 Å². The molecule has 6 nitrogen and oxygen atoms in total. The van der Waals surface area contributed by atoms with Gasteiger partial charge in [0, 0.05) is 18.8 Å². The molecule has 2 heterocycles. The van der Waals surface area contributed by atoms with Crippen LogP contribution in [-0.4, -0.2) is 43.2 Å². The zero-order chi connectivity index (χ0) is 21.3. The third-order valence-electron chi connectivity index (χ3n) is 4.84. The fourth-order valence-electron chi connectivity index (χ4n) is 3.29. The monoisotopic (exact) mass is 461 g/mol. The van der Waals surface area contributed by atoms with Crippen LogP contribution in [0.5, 0.6) is 0 Å². The van der Waals surface area contributed by atoms with Gasteiger partial charge in [-0.25, -0.2) is 0 Å². The van der Waals surface area contributed by atoms with E-state index in [9.17, 15) is 9.59 Å². The second-order valence-electron chi connectivity index (χ2n) is 6.75. The smallest absolute Gasteiger partial charge is 0.270 e. The first-order valence-electron chi connectivity index (χ1n) is 9.23. The van der Waals surface area contributed by atoms with E-state index < -0.39 is 11.8 Å². The van der Waals surface area contributed by atoms with Gasteiger partial charge in [-0.3, -0.25) is 19.8 Å². The summed E-state index contributed by atoms with van der Waals surface area (Å²) in [4.78, 5) is 29.0. The molecule has 0 radical (unpaired) electrons. The predicted octanol–water partition coefficient (Wildman–Crippen LogP) is 3.66. The molecule has 2 aliphatic heterocycles. The third-order valence-corrected chi connectivity index (χ3v) is 5.87. The summed E-state index contributed by atoms with van der Waals surface area (Å²) in [7, 11) is 0. The Labute approximate surface area is 189 Å². The number of thiocarbonyl (C=S) groups is 1. The van der Waals surface area contributed by atoms with E-state index in [1.807, 2.05) is 24.3 Å². The number of rotatable bonds is 3. The van der Waals surface area contributed by atoms with Crippen LogP contribution >= 0.6 is 35.4 Å². The summed E-state index contributed by atoms with van der Waals surface area (Å²) in [6.07, 6.45) is 1.55. The minimum atomic E-state index is -0.543. The Morgan fingerprint density at radius 2 is 1.63 bits per heavy atom. The molecule has 9 heteroatoms. The van der Waals surface area contributed by atoms with Gasteiger partial charge in [-0.15, -0.1) is 0 Å². The van der Waals surface area contributed by atoms with Gasteiger partial charge in [-0.05, 0) is 54.2 Å². The first-order valence-corrected chi connectivity index (χ1v) is 10.4. The van der Waals surface area contributed by atoms with Crippen LogP contribution in [0.15, 0.2) is 48.0 Å². The van der Waals surface area contributed by atoms with Crippen LogP contribution < -0.4 is 15.1 Å². The van der Waals surface area contributed by atoms with Crippen molar-refractivity contribution >= 4 is 69.8 Å². The molecule has 0 bridgehead atoms. The summed E-state index contributed by atoms with van der Waals surface area (Å²) in [5, 5.41) is 3.19. The SMILES string of the molecule is O=C1NC(=S)N(c2ccc(Cl)c(Cl)c2)C(=O)/C1=C/c1ccc(N2CCOCC2)cc1. The second kappa shape index (κ2) is 8.73.